The summed E-state index contributed by atoms with van der Waals surface area (Å²) in [5, 5.41) is 33.0. The summed E-state index contributed by atoms with van der Waals surface area (Å²) < 4.78 is 0. The topological polar surface area (TPSA) is 111 Å². The summed E-state index contributed by atoms with van der Waals surface area (Å²) >= 11 is 0. The smallest absolute Gasteiger partial charge is 0.258 e. The van der Waals surface area contributed by atoms with Crippen molar-refractivity contribution < 1.29 is 15.1 Å². The molecular weight excluding hydrogens is 230 g/mol. The van der Waals surface area contributed by atoms with E-state index in [0.717, 1.165) is 6.08 Å². The fraction of sp³-hybridized carbons (Fsp3) is 0.444. The molecule has 8 nitrogen and oxygen atoms in total. The van der Waals surface area contributed by atoms with Crippen molar-refractivity contribution in [3.63, 3.8) is 0 Å². The van der Waals surface area contributed by atoms with Crippen molar-refractivity contribution >= 4 is 0 Å². The van der Waals surface area contributed by atoms with Crippen LogP contribution in [0.2, 0.25) is 0 Å². The lowest BCUT2D eigenvalue weighted by Crippen LogP contribution is -2.56. The van der Waals surface area contributed by atoms with Crippen LogP contribution in [0.1, 0.15) is 13.8 Å². The monoisotopic (exact) mass is 240 g/mol. The van der Waals surface area contributed by atoms with Gasteiger partial charge in [-0.3, -0.25) is 20.2 Å². The van der Waals surface area contributed by atoms with E-state index in [1.807, 2.05) is 6.07 Å². The zero-order chi connectivity index (χ0) is 13.3. The van der Waals surface area contributed by atoms with Crippen molar-refractivity contribution in [3.05, 3.63) is 49.0 Å². The summed E-state index contributed by atoms with van der Waals surface area (Å²) in [5.74, 6) is 0. The summed E-state index contributed by atoms with van der Waals surface area (Å²) in [6, 6.07) is 2.03. The van der Waals surface area contributed by atoms with E-state index in [0.29, 0.717) is 0 Å². The molecule has 0 heterocycles. The van der Waals surface area contributed by atoms with Crippen molar-refractivity contribution in [2.24, 2.45) is 5.41 Å². The van der Waals surface area contributed by atoms with Crippen molar-refractivity contribution in [2.45, 2.75) is 19.5 Å². The number of hydrogen-bond acceptors (Lipinski definition) is 5. The zero-order valence-electron chi connectivity index (χ0n) is 9.15. The maximum Gasteiger partial charge on any atom is 0.487 e. The van der Waals surface area contributed by atoms with Gasteiger partial charge in [0.25, 0.3) is 0 Å². The Morgan fingerprint density at radius 3 is 2.29 bits per heavy atom. The first kappa shape index (κ1) is 12.6. The second kappa shape index (κ2) is 3.86. The van der Waals surface area contributed by atoms with Crippen LogP contribution in [0.4, 0.5) is 0 Å². The maximum absolute atomic E-state index is 11.0. The van der Waals surface area contributed by atoms with Crippen LogP contribution >= 0.6 is 0 Å². The zero-order valence-corrected chi connectivity index (χ0v) is 9.15. The van der Waals surface area contributed by atoms with Crippen LogP contribution in [-0.2, 0) is 0 Å². The second-order valence-corrected chi connectivity index (χ2v) is 4.11. The standard InChI is InChI=1S/C9H9N3O5/c1-8(2)4-3-7(6-10-13)5-9(8,11(14)15)12(16)17/h3-5H,1-2H3/p+1. The highest BCUT2D eigenvalue weighted by molar-refractivity contribution is 5.41. The highest BCUT2D eigenvalue weighted by atomic mass is 16.7. The molecule has 0 bridgehead atoms. The Balaban J connectivity index is 3.51. The van der Waals surface area contributed by atoms with Crippen LogP contribution in [0.25, 0.3) is 5.01 Å². The predicted octanol–water partition coefficient (Wildman–Crippen LogP) is 1.48. The molecule has 0 spiro atoms. The lowest BCUT2D eigenvalue weighted by atomic mass is 9.74. The third kappa shape index (κ3) is 1.71. The number of nitro groups is 2. The largest absolute Gasteiger partial charge is 0.487 e. The fourth-order valence-electron chi connectivity index (χ4n) is 1.64. The second-order valence-electron chi connectivity index (χ2n) is 4.11. The van der Waals surface area contributed by atoms with Gasteiger partial charge in [-0.1, -0.05) is 6.08 Å². The van der Waals surface area contributed by atoms with Gasteiger partial charge in [-0.2, -0.15) is 5.21 Å². The van der Waals surface area contributed by atoms with E-state index in [1.165, 1.54) is 26.0 Å². The predicted molar refractivity (Wildman–Crippen MR) is 56.8 cm³/mol. The fourth-order valence-corrected chi connectivity index (χ4v) is 1.64. The van der Waals surface area contributed by atoms with Crippen molar-refractivity contribution in [1.29, 1.82) is 0 Å². The minimum absolute atomic E-state index is 0.0137. The number of rotatable bonds is 2. The first-order valence-corrected chi connectivity index (χ1v) is 4.59. The molecule has 0 fully saturated rings. The number of allylic oxidation sites excluding steroid dienone is 2. The van der Waals surface area contributed by atoms with Crippen LogP contribution < -0.4 is 0 Å². The van der Waals surface area contributed by atoms with Gasteiger partial charge in [0.15, 0.2) is 0 Å². The molecule has 0 unspecified atom stereocenters. The van der Waals surface area contributed by atoms with Gasteiger partial charge in [-0.25, -0.2) is 0 Å². The van der Waals surface area contributed by atoms with E-state index in [1.54, 1.807) is 0 Å². The van der Waals surface area contributed by atoms with E-state index < -0.39 is 20.9 Å². The Morgan fingerprint density at radius 1 is 1.35 bits per heavy atom. The molecule has 0 aromatic heterocycles. The molecule has 0 amide bonds. The molecule has 0 saturated heterocycles. The average molecular weight is 240 g/mol. The molecule has 0 aromatic rings. The minimum atomic E-state index is -2.49. The SMILES string of the molecule is CC1(C)C=CC(C#[N+]O)=CC1([N+](=O)[O-])[N+](=O)[O-]. The Bertz CT molecular complexity index is 480. The van der Waals surface area contributed by atoms with Gasteiger partial charge in [-0.15, -0.1) is 0 Å². The average Bonchev–Trinajstić information content (AvgIpc) is 2.19. The van der Waals surface area contributed by atoms with Gasteiger partial charge in [0.2, 0.25) is 5.01 Å². The van der Waals surface area contributed by atoms with Crippen molar-refractivity contribution in [3.8, 4) is 6.07 Å². The molecule has 0 radical (unpaired) electrons. The first-order valence-electron chi connectivity index (χ1n) is 4.59. The van der Waals surface area contributed by atoms with Crippen LogP contribution in [0.15, 0.2) is 23.8 Å². The van der Waals surface area contributed by atoms with Gasteiger partial charge in [-0.05, 0) is 19.9 Å². The molecule has 17 heavy (non-hydrogen) atoms. The van der Waals surface area contributed by atoms with E-state index in [4.69, 9.17) is 5.21 Å². The molecule has 0 aliphatic heterocycles. The number of nitrogens with zero attached hydrogens (tertiary/aromatic N) is 3. The highest BCUT2D eigenvalue weighted by Gasteiger charge is 2.66. The summed E-state index contributed by atoms with van der Waals surface area (Å²) in [4.78, 5) is 20.2. The summed E-state index contributed by atoms with van der Waals surface area (Å²) in [7, 11) is 0. The van der Waals surface area contributed by atoms with Gasteiger partial charge in [0.05, 0.1) is 6.08 Å². The van der Waals surface area contributed by atoms with Crippen LogP contribution in [-0.4, -0.2) is 20.7 Å². The van der Waals surface area contributed by atoms with Crippen molar-refractivity contribution in [1.82, 2.24) is 0 Å². The normalized spacial score (nSPS) is 19.8. The molecule has 90 valence electrons. The molecule has 1 rings (SSSR count). The molecule has 0 atom stereocenters. The Hall–Kier alpha value is -2.43. The lowest BCUT2D eigenvalue weighted by molar-refractivity contribution is -0.796. The van der Waals surface area contributed by atoms with Crippen LogP contribution in [0.5, 0.6) is 0 Å². The maximum atomic E-state index is 11.0. The van der Waals surface area contributed by atoms with E-state index in [9.17, 15) is 20.2 Å². The summed E-state index contributed by atoms with van der Waals surface area (Å²) in [5.41, 5.74) is -3.81. The molecule has 8 heteroatoms. The minimum Gasteiger partial charge on any atom is -0.258 e. The molecule has 1 N–H and O–H groups in total. The van der Waals surface area contributed by atoms with Gasteiger partial charge in [0.1, 0.15) is 20.8 Å². The van der Waals surface area contributed by atoms with Gasteiger partial charge in [0, 0.05) is 0 Å². The van der Waals surface area contributed by atoms with Crippen molar-refractivity contribution in [2.75, 3.05) is 0 Å². The molecule has 0 aromatic carbocycles. The quantitative estimate of drug-likeness (QED) is 0.446. The Morgan fingerprint density at radius 2 is 1.88 bits per heavy atom. The Labute approximate surface area is 95.9 Å². The van der Waals surface area contributed by atoms with Crippen LogP contribution in [0.3, 0.4) is 0 Å². The van der Waals surface area contributed by atoms with Crippen LogP contribution in [0, 0.1) is 31.7 Å². The van der Waals surface area contributed by atoms with Gasteiger partial charge >= 0.3 is 11.7 Å². The lowest BCUT2D eigenvalue weighted by Gasteiger charge is -2.28. The molecule has 1 aliphatic rings. The molecule has 1 aliphatic carbocycles. The summed E-state index contributed by atoms with van der Waals surface area (Å²) in [6.07, 6.45) is 3.53. The third-order valence-corrected chi connectivity index (χ3v) is 2.72. The van der Waals surface area contributed by atoms with E-state index in [2.05, 4.69) is 5.01 Å². The molecule has 0 saturated carbocycles. The third-order valence-electron chi connectivity index (χ3n) is 2.72. The Kier molecular flexibility index (Phi) is 2.87. The summed E-state index contributed by atoms with van der Waals surface area (Å²) in [6.45, 7) is 2.77. The highest BCUT2D eigenvalue weighted by Crippen LogP contribution is 2.40. The van der Waals surface area contributed by atoms with E-state index >= 15 is 0 Å². The first-order chi connectivity index (χ1) is 7.78. The van der Waals surface area contributed by atoms with E-state index in [-0.39, 0.29) is 5.57 Å². The van der Waals surface area contributed by atoms with Gasteiger partial charge < -0.3 is 0 Å². The number of hydrogen-bond donors (Lipinski definition) is 1. The molecular formula is C9H10N3O5+.